The molecule has 6 N–H and O–H groups in total. The van der Waals surface area contributed by atoms with Crippen LogP contribution in [0.5, 0.6) is 17.2 Å². The third-order valence-corrected chi connectivity index (χ3v) is 9.90. The number of fused-ring (bicyclic) bond motifs is 4. The molecule has 0 aliphatic heterocycles. The highest BCUT2D eigenvalue weighted by Gasteiger charge is 2.63. The van der Waals surface area contributed by atoms with Crippen LogP contribution in [0.25, 0.3) is 10.8 Å². The molecule has 4 aliphatic rings. The fraction of sp³-hybridized carbons (Fsp3) is 0.433. The molecule has 1 spiro atoms. The number of primary amides is 1. The smallest absolute Gasteiger partial charge is 0.255 e. The fourth-order valence-electron chi connectivity index (χ4n) is 8.02. The fourth-order valence-corrected chi connectivity index (χ4v) is 8.02. The number of Topliss-reactive ketones (excluding diaryl/α,β-unsaturated/α-hetero) is 2. The monoisotopic (exact) mass is 549 g/mol. The minimum Gasteiger partial charge on any atom is -0.508 e. The standard InChI is InChI=1S/C30H31NO9/c1-11-6-5-7-12(2)29(11)10-13-18-20(16(33)9-17(39-3)23(18)29)24(34)22-19(13)25(40-4)14-8-15(32)21(28(31)37)26(35)30(14,38)27(22)36/h6,9,12,14,25,33-35,38H,5,7-8,10H2,1-4H3,(H2,31,37)/t12?,14-,25-,29+,30-/m0/s1. The van der Waals surface area contributed by atoms with Crippen molar-refractivity contribution in [3.63, 3.8) is 0 Å². The number of aliphatic hydroxyl groups is 2. The van der Waals surface area contributed by atoms with Gasteiger partial charge in [0.05, 0.1) is 24.2 Å². The highest BCUT2D eigenvalue weighted by molar-refractivity contribution is 6.23. The first-order valence-electron chi connectivity index (χ1n) is 13.2. The Morgan fingerprint density at radius 2 is 1.85 bits per heavy atom. The van der Waals surface area contributed by atoms with E-state index in [-0.39, 0.29) is 28.2 Å². The largest absolute Gasteiger partial charge is 0.508 e. The Labute approximate surface area is 229 Å². The van der Waals surface area contributed by atoms with Crippen LogP contribution in [-0.4, -0.2) is 57.7 Å². The van der Waals surface area contributed by atoms with Gasteiger partial charge in [-0.25, -0.2) is 0 Å². The lowest BCUT2D eigenvalue weighted by atomic mass is 9.61. The number of aliphatic hydroxyl groups excluding tert-OH is 1. The molecule has 0 aromatic heterocycles. The summed E-state index contributed by atoms with van der Waals surface area (Å²) in [6.45, 7) is 4.18. The lowest BCUT2D eigenvalue weighted by molar-refractivity contribution is -0.131. The van der Waals surface area contributed by atoms with E-state index < -0.39 is 64.0 Å². The van der Waals surface area contributed by atoms with Crippen molar-refractivity contribution in [2.24, 2.45) is 17.6 Å². The van der Waals surface area contributed by atoms with Crippen LogP contribution < -0.4 is 10.5 Å². The number of phenols is 2. The molecule has 1 amide bonds. The quantitative estimate of drug-likeness (QED) is 0.284. The number of ketones is 2. The second kappa shape index (κ2) is 8.31. The molecule has 0 saturated heterocycles. The zero-order chi connectivity index (χ0) is 29.0. The van der Waals surface area contributed by atoms with Crippen LogP contribution >= 0.6 is 0 Å². The molecule has 5 atom stereocenters. The molecule has 1 unspecified atom stereocenters. The molecule has 2 aromatic rings. The minimum atomic E-state index is -2.76. The zero-order valence-electron chi connectivity index (χ0n) is 22.6. The number of methoxy groups -OCH3 is 2. The highest BCUT2D eigenvalue weighted by atomic mass is 16.5. The van der Waals surface area contributed by atoms with Crippen LogP contribution in [0.2, 0.25) is 0 Å². The highest BCUT2D eigenvalue weighted by Crippen LogP contribution is 2.63. The van der Waals surface area contributed by atoms with E-state index in [1.54, 1.807) is 0 Å². The first kappa shape index (κ1) is 26.3. The third-order valence-electron chi connectivity index (χ3n) is 9.90. The average molecular weight is 550 g/mol. The van der Waals surface area contributed by atoms with Gasteiger partial charge in [0, 0.05) is 41.9 Å². The number of hydrogen-bond acceptors (Lipinski definition) is 9. The molecule has 10 heteroatoms. The number of ether oxygens (including phenoxy) is 2. The summed E-state index contributed by atoms with van der Waals surface area (Å²) in [5, 5.41) is 46.1. The van der Waals surface area contributed by atoms with Crippen LogP contribution in [0, 0.1) is 11.8 Å². The van der Waals surface area contributed by atoms with Crippen molar-refractivity contribution in [2.45, 2.75) is 56.7 Å². The zero-order valence-corrected chi connectivity index (χ0v) is 22.6. The molecule has 0 fully saturated rings. The van der Waals surface area contributed by atoms with Crippen LogP contribution in [0.15, 0.2) is 29.0 Å². The predicted octanol–water partition coefficient (Wildman–Crippen LogP) is 2.93. The molecular formula is C30H31NO9. The van der Waals surface area contributed by atoms with Gasteiger partial charge in [0.2, 0.25) is 5.78 Å². The number of carbonyl (C=O) groups excluding carboxylic acids is 3. The molecule has 10 nitrogen and oxygen atoms in total. The molecule has 6 rings (SSSR count). The number of phenolic OH excluding ortho intramolecular Hbond substituents is 2. The summed E-state index contributed by atoms with van der Waals surface area (Å²) in [5.74, 6) is -6.04. The van der Waals surface area contributed by atoms with Gasteiger partial charge in [-0.05, 0) is 43.2 Å². The van der Waals surface area contributed by atoms with E-state index >= 15 is 0 Å². The number of allylic oxidation sites excluding steroid dienone is 2. The molecular weight excluding hydrogens is 518 g/mol. The summed E-state index contributed by atoms with van der Waals surface area (Å²) in [6.07, 6.45) is 2.69. The van der Waals surface area contributed by atoms with Crippen LogP contribution in [-0.2, 0) is 26.2 Å². The van der Waals surface area contributed by atoms with Gasteiger partial charge in [0.15, 0.2) is 11.4 Å². The maximum absolute atomic E-state index is 14.2. The van der Waals surface area contributed by atoms with Gasteiger partial charge in [0.25, 0.3) is 5.91 Å². The average Bonchev–Trinajstić information content (AvgIpc) is 3.25. The summed E-state index contributed by atoms with van der Waals surface area (Å²) >= 11 is 0. The van der Waals surface area contributed by atoms with E-state index in [0.717, 1.165) is 24.0 Å². The molecule has 0 radical (unpaired) electrons. The predicted molar refractivity (Wildman–Crippen MR) is 142 cm³/mol. The second-order valence-corrected chi connectivity index (χ2v) is 11.4. The van der Waals surface area contributed by atoms with Crippen molar-refractivity contribution in [3.05, 3.63) is 51.3 Å². The Morgan fingerprint density at radius 3 is 2.45 bits per heavy atom. The number of nitrogens with two attached hydrogens (primary N) is 1. The van der Waals surface area contributed by atoms with Crippen LogP contribution in [0.3, 0.4) is 0 Å². The first-order chi connectivity index (χ1) is 18.9. The van der Waals surface area contributed by atoms with Crippen molar-refractivity contribution in [2.75, 3.05) is 14.2 Å². The Morgan fingerprint density at radius 1 is 1.15 bits per heavy atom. The van der Waals surface area contributed by atoms with Crippen LogP contribution in [0.1, 0.15) is 66.3 Å². The van der Waals surface area contributed by atoms with E-state index in [4.69, 9.17) is 15.2 Å². The maximum Gasteiger partial charge on any atom is 0.255 e. The van der Waals surface area contributed by atoms with E-state index in [1.165, 1.54) is 20.3 Å². The van der Waals surface area contributed by atoms with E-state index in [2.05, 4.69) is 13.0 Å². The number of hydrogen-bond donors (Lipinski definition) is 5. The van der Waals surface area contributed by atoms with Gasteiger partial charge in [-0.2, -0.15) is 0 Å². The van der Waals surface area contributed by atoms with E-state index in [0.29, 0.717) is 23.1 Å². The summed E-state index contributed by atoms with van der Waals surface area (Å²) in [5.41, 5.74) is 3.57. The van der Waals surface area contributed by atoms with Gasteiger partial charge in [-0.1, -0.05) is 18.6 Å². The molecule has 2 aromatic carbocycles. The molecule has 0 bridgehead atoms. The van der Waals surface area contributed by atoms with Crippen LogP contribution in [0.4, 0.5) is 0 Å². The topological polar surface area (TPSA) is 177 Å². The normalized spacial score (nSPS) is 30.9. The van der Waals surface area contributed by atoms with E-state index in [1.807, 2.05) is 6.92 Å². The van der Waals surface area contributed by atoms with Crippen molar-refractivity contribution in [1.29, 1.82) is 0 Å². The Hall–Kier alpha value is -3.89. The number of amides is 1. The van der Waals surface area contributed by atoms with Crippen molar-refractivity contribution >= 4 is 28.2 Å². The van der Waals surface area contributed by atoms with Crippen molar-refractivity contribution in [3.8, 4) is 17.2 Å². The lowest BCUT2D eigenvalue weighted by Crippen LogP contribution is -2.58. The maximum atomic E-state index is 14.2. The molecule has 0 saturated carbocycles. The summed E-state index contributed by atoms with van der Waals surface area (Å²) < 4.78 is 11.6. The second-order valence-electron chi connectivity index (χ2n) is 11.4. The first-order valence-corrected chi connectivity index (χ1v) is 13.2. The summed E-state index contributed by atoms with van der Waals surface area (Å²) in [7, 11) is 2.85. The van der Waals surface area contributed by atoms with Gasteiger partial charge in [-0.3, -0.25) is 14.4 Å². The summed E-state index contributed by atoms with van der Waals surface area (Å²) in [4.78, 5) is 39.1. The molecule has 4 aliphatic carbocycles. The Balaban J connectivity index is 1.77. The number of benzene rings is 2. The summed E-state index contributed by atoms with van der Waals surface area (Å²) in [6, 6.07) is 1.41. The van der Waals surface area contributed by atoms with E-state index in [9.17, 15) is 34.8 Å². The van der Waals surface area contributed by atoms with Gasteiger partial charge >= 0.3 is 0 Å². The number of carbonyl (C=O) groups is 3. The number of aromatic hydroxyl groups is 2. The van der Waals surface area contributed by atoms with Crippen molar-refractivity contribution in [1.82, 2.24) is 0 Å². The van der Waals surface area contributed by atoms with Gasteiger partial charge in [0.1, 0.15) is 28.6 Å². The van der Waals surface area contributed by atoms with Gasteiger partial charge in [-0.15, -0.1) is 0 Å². The molecule has 210 valence electrons. The Kier molecular flexibility index (Phi) is 5.47. The van der Waals surface area contributed by atoms with Gasteiger partial charge < -0.3 is 35.6 Å². The van der Waals surface area contributed by atoms with Crippen molar-refractivity contribution < 1.29 is 44.3 Å². The molecule has 40 heavy (non-hydrogen) atoms. The number of rotatable bonds is 3. The Bertz CT molecular complexity index is 1640. The SMILES string of the molecule is COc1cc(O)c2c(O)c3c(c4c2c1[C@]1(C4)C(C)=CCCC1C)[C@@H](OC)[C@@H]1CC(=O)C(C(N)=O)=C(O)[C@]1(O)C3=O. The third kappa shape index (κ3) is 2.82. The lowest BCUT2D eigenvalue weighted by Gasteiger charge is -2.46. The molecule has 0 heterocycles. The minimum absolute atomic E-state index is 0.0164.